The van der Waals surface area contributed by atoms with Crippen LogP contribution in [-0.2, 0) is 10.9 Å². The Morgan fingerprint density at radius 1 is 1.12 bits per heavy atom. The lowest BCUT2D eigenvalue weighted by atomic mass is 10.1. The van der Waals surface area contributed by atoms with Gasteiger partial charge in [-0.2, -0.15) is 13.2 Å². The van der Waals surface area contributed by atoms with Gasteiger partial charge in [0.15, 0.2) is 0 Å². The minimum absolute atomic E-state index is 0.0197. The number of ether oxygens (including phenoxy) is 1. The standard InChI is InChI=1S/C16H12F3NO4S/c1-24-15(23)9-6-11(20)13(7-10(9)16(17,18)19)25-12-5-3-2-4-8(12)14(21)22/h2-7H,20H2,1H3,(H,21,22). The first-order chi connectivity index (χ1) is 11.6. The van der Waals surface area contributed by atoms with Crippen LogP contribution in [0.25, 0.3) is 0 Å². The van der Waals surface area contributed by atoms with Crippen LogP contribution in [0.15, 0.2) is 46.2 Å². The van der Waals surface area contributed by atoms with Crippen LogP contribution in [0.2, 0.25) is 0 Å². The molecule has 0 saturated heterocycles. The SMILES string of the molecule is COC(=O)c1cc(N)c(Sc2ccccc2C(=O)O)cc1C(F)(F)F. The molecule has 2 aromatic rings. The number of alkyl halides is 3. The highest BCUT2D eigenvalue weighted by Crippen LogP contribution is 2.40. The summed E-state index contributed by atoms with van der Waals surface area (Å²) >= 11 is 0.770. The van der Waals surface area contributed by atoms with Gasteiger partial charge in [-0.1, -0.05) is 23.9 Å². The van der Waals surface area contributed by atoms with E-state index in [9.17, 15) is 22.8 Å². The molecule has 0 amide bonds. The van der Waals surface area contributed by atoms with Crippen LogP contribution in [-0.4, -0.2) is 24.2 Å². The predicted octanol–water partition coefficient (Wildman–Crippen LogP) is 3.92. The third-order valence-electron chi connectivity index (χ3n) is 3.20. The van der Waals surface area contributed by atoms with E-state index in [4.69, 9.17) is 10.8 Å². The maximum absolute atomic E-state index is 13.3. The number of halogens is 3. The van der Waals surface area contributed by atoms with E-state index in [0.29, 0.717) is 6.07 Å². The Hall–Kier alpha value is -2.68. The molecule has 0 fully saturated rings. The Labute approximate surface area is 144 Å². The van der Waals surface area contributed by atoms with Crippen LogP contribution in [0.4, 0.5) is 18.9 Å². The van der Waals surface area contributed by atoms with E-state index in [1.54, 1.807) is 6.07 Å². The number of carbonyl (C=O) groups excluding carboxylic acids is 1. The number of nitrogen functional groups attached to an aromatic ring is 1. The summed E-state index contributed by atoms with van der Waals surface area (Å²) in [5.41, 5.74) is 3.68. The maximum Gasteiger partial charge on any atom is 0.417 e. The van der Waals surface area contributed by atoms with E-state index >= 15 is 0 Å². The molecule has 0 aliphatic rings. The Morgan fingerprint density at radius 3 is 2.32 bits per heavy atom. The predicted molar refractivity (Wildman–Crippen MR) is 84.7 cm³/mol. The molecule has 0 heterocycles. The molecule has 0 unspecified atom stereocenters. The molecular weight excluding hydrogens is 359 g/mol. The Morgan fingerprint density at radius 2 is 1.76 bits per heavy atom. The molecule has 2 aromatic carbocycles. The van der Waals surface area contributed by atoms with Crippen molar-refractivity contribution in [2.45, 2.75) is 16.0 Å². The molecule has 0 aliphatic carbocycles. The van der Waals surface area contributed by atoms with Crippen molar-refractivity contribution in [3.63, 3.8) is 0 Å². The van der Waals surface area contributed by atoms with Crippen molar-refractivity contribution in [3.05, 3.63) is 53.1 Å². The molecule has 5 nitrogen and oxygen atoms in total. The van der Waals surface area contributed by atoms with Gasteiger partial charge in [0.2, 0.25) is 0 Å². The molecule has 132 valence electrons. The second-order valence-corrected chi connectivity index (χ2v) is 5.91. The summed E-state index contributed by atoms with van der Waals surface area (Å²) in [5.74, 6) is -2.38. The second-order valence-electron chi connectivity index (χ2n) is 4.83. The second kappa shape index (κ2) is 7.06. The van der Waals surface area contributed by atoms with Crippen molar-refractivity contribution in [1.29, 1.82) is 0 Å². The lowest BCUT2D eigenvalue weighted by Gasteiger charge is -2.15. The minimum atomic E-state index is -4.81. The van der Waals surface area contributed by atoms with Gasteiger partial charge in [0.1, 0.15) is 0 Å². The van der Waals surface area contributed by atoms with E-state index in [0.717, 1.165) is 24.9 Å². The number of aromatic carboxylic acids is 1. The number of carboxylic acids is 1. The van der Waals surface area contributed by atoms with E-state index < -0.39 is 29.2 Å². The summed E-state index contributed by atoms with van der Waals surface area (Å²) < 4.78 is 44.1. The molecule has 2 rings (SSSR count). The normalized spacial score (nSPS) is 11.2. The molecule has 9 heteroatoms. The van der Waals surface area contributed by atoms with Gasteiger partial charge in [-0.3, -0.25) is 0 Å². The van der Waals surface area contributed by atoms with Crippen LogP contribution in [0, 0.1) is 0 Å². The number of benzene rings is 2. The van der Waals surface area contributed by atoms with Crippen molar-refractivity contribution in [2.75, 3.05) is 12.8 Å². The Bertz CT molecular complexity index is 837. The van der Waals surface area contributed by atoms with E-state index in [2.05, 4.69) is 4.74 Å². The van der Waals surface area contributed by atoms with Gasteiger partial charge < -0.3 is 15.6 Å². The summed E-state index contributed by atoms with van der Waals surface area (Å²) in [4.78, 5) is 23.0. The van der Waals surface area contributed by atoms with Crippen LogP contribution in [0.3, 0.4) is 0 Å². The first-order valence-corrected chi connectivity index (χ1v) is 7.56. The first kappa shape index (κ1) is 18.7. The van der Waals surface area contributed by atoms with Crippen molar-refractivity contribution in [1.82, 2.24) is 0 Å². The Balaban J connectivity index is 2.57. The zero-order chi connectivity index (χ0) is 18.8. The number of carboxylic acid groups (broad SMARTS) is 1. The summed E-state index contributed by atoms with van der Waals surface area (Å²) in [7, 11) is 0.963. The number of anilines is 1. The van der Waals surface area contributed by atoms with E-state index in [1.165, 1.54) is 18.2 Å². The van der Waals surface area contributed by atoms with Crippen molar-refractivity contribution < 1.29 is 32.6 Å². The van der Waals surface area contributed by atoms with Crippen molar-refractivity contribution >= 4 is 29.4 Å². The summed E-state index contributed by atoms with van der Waals surface area (Å²) in [5, 5.41) is 9.16. The number of carbonyl (C=O) groups is 2. The largest absolute Gasteiger partial charge is 0.478 e. The topological polar surface area (TPSA) is 89.6 Å². The van der Waals surface area contributed by atoms with E-state index in [1.807, 2.05) is 0 Å². The monoisotopic (exact) mass is 371 g/mol. The van der Waals surface area contributed by atoms with Crippen LogP contribution in [0.1, 0.15) is 26.3 Å². The fourth-order valence-corrected chi connectivity index (χ4v) is 3.05. The lowest BCUT2D eigenvalue weighted by molar-refractivity contribution is -0.138. The summed E-state index contributed by atoms with van der Waals surface area (Å²) in [6.45, 7) is 0. The number of nitrogens with two attached hydrogens (primary N) is 1. The summed E-state index contributed by atoms with van der Waals surface area (Å²) in [6, 6.07) is 7.42. The number of esters is 1. The zero-order valence-corrected chi connectivity index (χ0v) is 13.6. The third kappa shape index (κ3) is 4.05. The van der Waals surface area contributed by atoms with Gasteiger partial charge in [0, 0.05) is 15.5 Å². The van der Waals surface area contributed by atoms with Crippen molar-refractivity contribution in [3.8, 4) is 0 Å². The van der Waals surface area contributed by atoms with Crippen LogP contribution < -0.4 is 5.73 Å². The zero-order valence-electron chi connectivity index (χ0n) is 12.8. The highest BCUT2D eigenvalue weighted by Gasteiger charge is 2.36. The van der Waals surface area contributed by atoms with E-state index in [-0.39, 0.29) is 21.0 Å². The highest BCUT2D eigenvalue weighted by atomic mass is 32.2. The molecule has 0 atom stereocenters. The average molecular weight is 371 g/mol. The number of rotatable bonds is 4. The molecule has 0 radical (unpaired) electrons. The van der Waals surface area contributed by atoms with Crippen molar-refractivity contribution in [2.24, 2.45) is 0 Å². The minimum Gasteiger partial charge on any atom is -0.478 e. The smallest absolute Gasteiger partial charge is 0.417 e. The number of methoxy groups -OCH3 is 1. The number of hydrogen-bond acceptors (Lipinski definition) is 5. The Kier molecular flexibility index (Phi) is 5.27. The molecule has 0 saturated carbocycles. The molecular formula is C16H12F3NO4S. The molecule has 3 N–H and O–H groups in total. The fraction of sp³-hybridized carbons (Fsp3) is 0.125. The highest BCUT2D eigenvalue weighted by molar-refractivity contribution is 7.99. The third-order valence-corrected chi connectivity index (χ3v) is 4.35. The quantitative estimate of drug-likeness (QED) is 0.625. The molecule has 0 bridgehead atoms. The first-order valence-electron chi connectivity index (χ1n) is 6.74. The van der Waals surface area contributed by atoms with Gasteiger partial charge in [0.05, 0.1) is 23.8 Å². The average Bonchev–Trinajstić information content (AvgIpc) is 2.54. The fourth-order valence-electron chi connectivity index (χ4n) is 2.05. The number of hydrogen-bond donors (Lipinski definition) is 2. The molecule has 25 heavy (non-hydrogen) atoms. The lowest BCUT2D eigenvalue weighted by Crippen LogP contribution is -2.15. The molecule has 0 spiro atoms. The van der Waals surface area contributed by atoms with Gasteiger partial charge in [-0.25, -0.2) is 9.59 Å². The summed E-state index contributed by atoms with van der Waals surface area (Å²) in [6.07, 6.45) is -4.81. The van der Waals surface area contributed by atoms with Gasteiger partial charge in [-0.15, -0.1) is 0 Å². The van der Waals surface area contributed by atoms with Gasteiger partial charge in [-0.05, 0) is 24.3 Å². The van der Waals surface area contributed by atoms with Gasteiger partial charge in [0.25, 0.3) is 0 Å². The molecule has 0 aliphatic heterocycles. The molecule has 0 aromatic heterocycles. The van der Waals surface area contributed by atoms with Crippen LogP contribution in [0.5, 0.6) is 0 Å². The maximum atomic E-state index is 13.3. The van der Waals surface area contributed by atoms with Gasteiger partial charge >= 0.3 is 18.1 Å². The van der Waals surface area contributed by atoms with Crippen LogP contribution >= 0.6 is 11.8 Å².